The van der Waals surface area contributed by atoms with Crippen LogP contribution in [0.2, 0.25) is 0 Å². The van der Waals surface area contributed by atoms with Crippen LogP contribution in [0.5, 0.6) is 6.01 Å². The van der Waals surface area contributed by atoms with Gasteiger partial charge in [0.05, 0.1) is 12.3 Å². The lowest BCUT2D eigenvalue weighted by Gasteiger charge is -2.31. The third-order valence-corrected chi connectivity index (χ3v) is 5.20. The molecule has 0 aliphatic carbocycles. The van der Waals surface area contributed by atoms with Crippen molar-refractivity contribution in [2.45, 2.75) is 25.2 Å². The first kappa shape index (κ1) is 24.8. The lowest BCUT2D eigenvalue weighted by molar-refractivity contribution is -0.134. The molecule has 11 heteroatoms. The number of likely N-dealkylation sites (tertiary alicyclic amines) is 1. The van der Waals surface area contributed by atoms with Crippen LogP contribution in [0, 0.1) is 5.82 Å². The summed E-state index contributed by atoms with van der Waals surface area (Å²) in [7, 11) is 0. The molecule has 0 spiro atoms. The van der Waals surface area contributed by atoms with Crippen molar-refractivity contribution in [3.8, 4) is 6.01 Å². The lowest BCUT2D eigenvalue weighted by atomic mass is 9.91. The molecule has 0 radical (unpaired) electrons. The highest BCUT2D eigenvalue weighted by Crippen LogP contribution is 2.32. The lowest BCUT2D eigenvalue weighted by Crippen LogP contribution is -2.34. The van der Waals surface area contributed by atoms with Gasteiger partial charge in [-0.2, -0.15) is 0 Å². The average molecular weight is 472 g/mol. The monoisotopic (exact) mass is 472 g/mol. The number of hydrogen-bond donors (Lipinski definition) is 2. The van der Waals surface area contributed by atoms with E-state index in [4.69, 9.17) is 19.5 Å². The van der Waals surface area contributed by atoms with Gasteiger partial charge in [0.1, 0.15) is 5.82 Å². The van der Waals surface area contributed by atoms with Crippen LogP contribution in [0.3, 0.4) is 0 Å². The average Bonchev–Trinajstić information content (AvgIpc) is 3.25. The minimum Gasteiger partial charge on any atom is -0.478 e. The number of carbonyl (C=O) groups is 2. The molecule has 0 unspecified atom stereocenters. The summed E-state index contributed by atoms with van der Waals surface area (Å²) in [4.78, 5) is 29.6. The summed E-state index contributed by atoms with van der Waals surface area (Å²) in [5.74, 6) is -2.44. The molecule has 4 rings (SSSR count). The highest BCUT2D eigenvalue weighted by molar-refractivity contribution is 5.89. The second kappa shape index (κ2) is 12.4. The van der Waals surface area contributed by atoms with Gasteiger partial charge in [0.25, 0.3) is 0 Å². The predicted molar refractivity (Wildman–Crippen MR) is 119 cm³/mol. The molecule has 2 aromatic heterocycles. The Labute approximate surface area is 194 Å². The number of benzene rings is 1. The van der Waals surface area contributed by atoms with Crippen molar-refractivity contribution >= 4 is 22.9 Å². The van der Waals surface area contributed by atoms with Gasteiger partial charge in [0.15, 0.2) is 5.58 Å². The zero-order chi connectivity index (χ0) is 24.3. The highest BCUT2D eigenvalue weighted by Gasteiger charge is 2.24. The Morgan fingerprint density at radius 3 is 2.47 bits per heavy atom. The van der Waals surface area contributed by atoms with Crippen molar-refractivity contribution in [2.24, 2.45) is 0 Å². The first-order valence-corrected chi connectivity index (χ1v) is 10.7. The Bertz CT molecular complexity index is 1100. The molecule has 1 fully saturated rings. The Kier molecular flexibility index (Phi) is 9.04. The van der Waals surface area contributed by atoms with Gasteiger partial charge < -0.3 is 24.4 Å². The zero-order valence-electron chi connectivity index (χ0n) is 18.3. The number of aromatic nitrogens is 3. The predicted octanol–water partition coefficient (Wildman–Crippen LogP) is 3.12. The minimum atomic E-state index is -1.26. The molecule has 1 saturated heterocycles. The molecular weight excluding hydrogens is 447 g/mol. The van der Waals surface area contributed by atoms with E-state index in [1.54, 1.807) is 24.5 Å². The second-order valence-electron chi connectivity index (χ2n) is 7.57. The molecule has 0 saturated carbocycles. The van der Waals surface area contributed by atoms with Gasteiger partial charge in [-0.15, -0.1) is 0 Å². The van der Waals surface area contributed by atoms with Crippen LogP contribution in [-0.4, -0.2) is 68.4 Å². The number of rotatable bonds is 8. The number of ether oxygens (including phenoxy) is 1. The first-order valence-electron chi connectivity index (χ1n) is 10.7. The number of carboxylic acids is 2. The van der Waals surface area contributed by atoms with Crippen LogP contribution in [0.4, 0.5) is 4.39 Å². The third kappa shape index (κ3) is 7.62. The molecule has 2 N–H and O–H groups in total. The topological polar surface area (TPSA) is 139 Å². The molecule has 0 bridgehead atoms. The van der Waals surface area contributed by atoms with E-state index < -0.39 is 11.9 Å². The van der Waals surface area contributed by atoms with Gasteiger partial charge >= 0.3 is 17.9 Å². The molecule has 3 heterocycles. The van der Waals surface area contributed by atoms with E-state index >= 15 is 0 Å². The molecule has 1 aromatic carbocycles. The van der Waals surface area contributed by atoms with Gasteiger partial charge in [0.2, 0.25) is 0 Å². The quantitative estimate of drug-likeness (QED) is 0.371. The third-order valence-electron chi connectivity index (χ3n) is 5.20. The fourth-order valence-corrected chi connectivity index (χ4v) is 3.61. The van der Waals surface area contributed by atoms with Crippen LogP contribution < -0.4 is 4.74 Å². The smallest absolute Gasteiger partial charge is 0.328 e. The summed E-state index contributed by atoms with van der Waals surface area (Å²) in [6.45, 7) is 3.64. The molecule has 0 amide bonds. The SMILES string of the molecule is Fc1ccc2c(C3CCN(CCCOc4ncccn4)CC3)noc2c1.O=C(O)/C=C/C(=O)O. The number of halogens is 1. The fourth-order valence-electron chi connectivity index (χ4n) is 3.61. The summed E-state index contributed by atoms with van der Waals surface area (Å²) >= 11 is 0. The summed E-state index contributed by atoms with van der Waals surface area (Å²) < 4.78 is 24.1. The van der Waals surface area contributed by atoms with Gasteiger partial charge in [-0.25, -0.2) is 23.9 Å². The largest absolute Gasteiger partial charge is 0.478 e. The van der Waals surface area contributed by atoms with E-state index in [-0.39, 0.29) is 5.82 Å². The number of nitrogens with zero attached hydrogens (tertiary/aromatic N) is 4. The van der Waals surface area contributed by atoms with Crippen molar-refractivity contribution in [2.75, 3.05) is 26.2 Å². The van der Waals surface area contributed by atoms with E-state index in [1.807, 2.05) is 0 Å². The second-order valence-corrected chi connectivity index (χ2v) is 7.57. The summed E-state index contributed by atoms with van der Waals surface area (Å²) in [6.07, 6.45) is 7.47. The van der Waals surface area contributed by atoms with E-state index in [2.05, 4.69) is 20.0 Å². The molecule has 1 aliphatic heterocycles. The minimum absolute atomic E-state index is 0.293. The van der Waals surface area contributed by atoms with Crippen molar-refractivity contribution < 1.29 is 33.5 Å². The number of fused-ring (bicyclic) bond motifs is 1. The number of carboxylic acid groups (broad SMARTS) is 2. The van der Waals surface area contributed by atoms with Gasteiger partial charge in [0, 0.05) is 48.5 Å². The van der Waals surface area contributed by atoms with Crippen molar-refractivity contribution in [1.29, 1.82) is 0 Å². The van der Waals surface area contributed by atoms with Crippen LogP contribution in [0.15, 0.2) is 53.3 Å². The van der Waals surface area contributed by atoms with Gasteiger partial charge in [-0.1, -0.05) is 5.16 Å². The highest BCUT2D eigenvalue weighted by atomic mass is 19.1. The maximum absolute atomic E-state index is 13.3. The van der Waals surface area contributed by atoms with E-state index in [0.29, 0.717) is 36.3 Å². The van der Waals surface area contributed by atoms with E-state index in [1.165, 1.54) is 12.1 Å². The van der Waals surface area contributed by atoms with Crippen molar-refractivity contribution in [1.82, 2.24) is 20.0 Å². The molecule has 180 valence electrons. The molecule has 34 heavy (non-hydrogen) atoms. The van der Waals surface area contributed by atoms with Crippen LogP contribution >= 0.6 is 0 Å². The standard InChI is InChI=1S/C19H21FN4O2.C4H4O4/c20-15-3-4-16-17(13-15)26-23-18(16)14-5-10-24(11-6-14)9-2-12-25-19-21-7-1-8-22-19;5-3(6)1-2-4(7)8/h1,3-4,7-8,13-14H,2,5-6,9-12H2;1-2H,(H,5,6)(H,7,8)/b;2-1+. The molecule has 0 atom stereocenters. The van der Waals surface area contributed by atoms with Gasteiger partial charge in [-0.05, 0) is 50.6 Å². The maximum Gasteiger partial charge on any atom is 0.328 e. The summed E-state index contributed by atoms with van der Waals surface area (Å²) in [5.41, 5.74) is 1.49. The van der Waals surface area contributed by atoms with Crippen LogP contribution in [-0.2, 0) is 9.59 Å². The summed E-state index contributed by atoms with van der Waals surface area (Å²) in [5, 5.41) is 20.8. The van der Waals surface area contributed by atoms with E-state index in [0.717, 1.165) is 50.0 Å². The number of aliphatic carboxylic acids is 2. The Morgan fingerprint density at radius 1 is 1.15 bits per heavy atom. The zero-order valence-corrected chi connectivity index (χ0v) is 18.3. The van der Waals surface area contributed by atoms with Crippen molar-refractivity contribution in [3.63, 3.8) is 0 Å². The molecule has 3 aromatic rings. The normalized spacial score (nSPS) is 14.6. The number of piperidine rings is 1. The Balaban J connectivity index is 0.000000350. The molecular formula is C23H25FN4O6. The molecule has 10 nitrogen and oxygen atoms in total. The van der Waals surface area contributed by atoms with Crippen LogP contribution in [0.25, 0.3) is 11.0 Å². The van der Waals surface area contributed by atoms with Crippen LogP contribution in [0.1, 0.15) is 30.9 Å². The summed E-state index contributed by atoms with van der Waals surface area (Å²) in [6, 6.07) is 6.84. The van der Waals surface area contributed by atoms with E-state index in [9.17, 15) is 14.0 Å². The number of hydrogen-bond acceptors (Lipinski definition) is 8. The first-order chi connectivity index (χ1) is 16.4. The fraction of sp³-hybridized carbons (Fsp3) is 0.348. The van der Waals surface area contributed by atoms with Crippen molar-refractivity contribution in [3.05, 3.63) is 60.3 Å². The Hall–Kier alpha value is -3.86. The van der Waals surface area contributed by atoms with Gasteiger partial charge in [-0.3, -0.25) is 0 Å². The maximum atomic E-state index is 13.3. The Morgan fingerprint density at radius 2 is 1.82 bits per heavy atom. The molecule has 1 aliphatic rings.